The van der Waals surface area contributed by atoms with Crippen LogP contribution in [-0.4, -0.2) is 23.7 Å². The quantitative estimate of drug-likeness (QED) is 0.781. The van der Waals surface area contributed by atoms with Gasteiger partial charge in [-0.3, -0.25) is 4.79 Å². The van der Waals surface area contributed by atoms with Crippen LogP contribution >= 0.6 is 23.2 Å². The van der Waals surface area contributed by atoms with Gasteiger partial charge in [-0.1, -0.05) is 29.3 Å². The smallest absolute Gasteiger partial charge is 0.315 e. The standard InChI is InChI=1S/C13H14Cl2N2O3/c14-9-2-1-8(7-10(9)15)13(4-5-13)17-12(20)16-6-3-11(18)19/h1-2,7H,3-6H2,(H,18,19)(H2,16,17,20). The molecule has 1 aromatic carbocycles. The summed E-state index contributed by atoms with van der Waals surface area (Å²) < 4.78 is 0. The van der Waals surface area contributed by atoms with E-state index in [-0.39, 0.29) is 19.0 Å². The zero-order valence-corrected chi connectivity index (χ0v) is 12.1. The second kappa shape index (κ2) is 5.89. The Morgan fingerprint density at radius 3 is 2.50 bits per heavy atom. The summed E-state index contributed by atoms with van der Waals surface area (Å²) in [5.41, 5.74) is 0.488. The van der Waals surface area contributed by atoms with Crippen molar-refractivity contribution in [2.24, 2.45) is 0 Å². The molecule has 0 unspecified atom stereocenters. The molecule has 1 aliphatic carbocycles. The van der Waals surface area contributed by atoms with Crippen LogP contribution < -0.4 is 10.6 Å². The van der Waals surface area contributed by atoms with E-state index in [0.717, 1.165) is 18.4 Å². The van der Waals surface area contributed by atoms with Crippen LogP contribution in [0.2, 0.25) is 10.0 Å². The molecule has 7 heteroatoms. The average molecular weight is 317 g/mol. The Balaban J connectivity index is 1.96. The van der Waals surface area contributed by atoms with Crippen molar-refractivity contribution in [1.82, 2.24) is 10.6 Å². The Hall–Kier alpha value is -1.46. The molecule has 20 heavy (non-hydrogen) atoms. The summed E-state index contributed by atoms with van der Waals surface area (Å²) in [6.45, 7) is 0.0959. The van der Waals surface area contributed by atoms with Crippen LogP contribution in [0, 0.1) is 0 Å². The SMILES string of the molecule is O=C(O)CCNC(=O)NC1(c2ccc(Cl)c(Cl)c2)CC1. The van der Waals surface area contributed by atoms with Crippen LogP contribution in [0.25, 0.3) is 0 Å². The van der Waals surface area contributed by atoms with Crippen molar-refractivity contribution in [2.45, 2.75) is 24.8 Å². The van der Waals surface area contributed by atoms with Crippen molar-refractivity contribution in [3.63, 3.8) is 0 Å². The number of rotatable bonds is 5. The van der Waals surface area contributed by atoms with Crippen LogP contribution in [0.4, 0.5) is 4.79 Å². The van der Waals surface area contributed by atoms with Gasteiger partial charge in [0, 0.05) is 6.54 Å². The van der Waals surface area contributed by atoms with E-state index in [1.807, 2.05) is 6.07 Å². The van der Waals surface area contributed by atoms with Gasteiger partial charge in [0.25, 0.3) is 0 Å². The van der Waals surface area contributed by atoms with E-state index in [1.54, 1.807) is 12.1 Å². The summed E-state index contributed by atoms with van der Waals surface area (Å²) in [7, 11) is 0. The van der Waals surface area contributed by atoms with Crippen LogP contribution in [0.1, 0.15) is 24.8 Å². The predicted molar refractivity (Wildman–Crippen MR) is 76.2 cm³/mol. The number of hydrogen-bond acceptors (Lipinski definition) is 2. The molecule has 0 atom stereocenters. The summed E-state index contributed by atoms with van der Waals surface area (Å²) in [5.74, 6) is -0.948. The number of carbonyl (C=O) groups excluding carboxylic acids is 1. The Morgan fingerprint density at radius 2 is 1.95 bits per heavy atom. The highest BCUT2D eigenvalue weighted by Gasteiger charge is 2.45. The first kappa shape index (κ1) is 14.9. The summed E-state index contributed by atoms with van der Waals surface area (Å²) >= 11 is 11.8. The van der Waals surface area contributed by atoms with Gasteiger partial charge in [-0.2, -0.15) is 0 Å². The molecule has 0 radical (unpaired) electrons. The maximum Gasteiger partial charge on any atom is 0.315 e. The first-order valence-electron chi connectivity index (χ1n) is 6.16. The second-order valence-corrected chi connectivity index (χ2v) is 5.55. The number of carboxylic acids is 1. The Bertz CT molecular complexity index is 544. The van der Waals surface area contributed by atoms with Crippen LogP contribution in [0.3, 0.4) is 0 Å². The fourth-order valence-electron chi connectivity index (χ4n) is 1.95. The molecule has 0 aliphatic heterocycles. The minimum absolute atomic E-state index is 0.0959. The van der Waals surface area contributed by atoms with Crippen molar-refractivity contribution in [3.05, 3.63) is 33.8 Å². The molecule has 1 aromatic rings. The average Bonchev–Trinajstić information content (AvgIpc) is 3.13. The minimum atomic E-state index is -0.948. The van der Waals surface area contributed by atoms with E-state index < -0.39 is 11.5 Å². The lowest BCUT2D eigenvalue weighted by molar-refractivity contribution is -0.136. The Labute approximate surface area is 126 Å². The highest BCUT2D eigenvalue weighted by Crippen LogP contribution is 2.46. The molecule has 2 rings (SSSR count). The zero-order valence-electron chi connectivity index (χ0n) is 10.6. The molecule has 0 heterocycles. The largest absolute Gasteiger partial charge is 0.481 e. The Kier molecular flexibility index (Phi) is 4.40. The molecule has 2 amide bonds. The van der Waals surface area contributed by atoms with E-state index in [0.29, 0.717) is 10.0 Å². The van der Waals surface area contributed by atoms with Gasteiger partial charge in [0.15, 0.2) is 0 Å². The molecule has 5 nitrogen and oxygen atoms in total. The molecule has 0 spiro atoms. The summed E-state index contributed by atoms with van der Waals surface area (Å²) in [6.07, 6.45) is 1.53. The summed E-state index contributed by atoms with van der Waals surface area (Å²) in [4.78, 5) is 22.1. The van der Waals surface area contributed by atoms with Crippen molar-refractivity contribution < 1.29 is 14.7 Å². The van der Waals surface area contributed by atoms with Crippen LogP contribution in [-0.2, 0) is 10.3 Å². The van der Waals surface area contributed by atoms with Gasteiger partial charge in [0.1, 0.15) is 0 Å². The molecule has 108 valence electrons. The number of carbonyl (C=O) groups is 2. The lowest BCUT2D eigenvalue weighted by Crippen LogP contribution is -2.42. The van der Waals surface area contributed by atoms with E-state index >= 15 is 0 Å². The fraction of sp³-hybridized carbons (Fsp3) is 0.385. The number of aliphatic carboxylic acids is 1. The number of urea groups is 1. The van der Waals surface area contributed by atoms with Gasteiger partial charge < -0.3 is 15.7 Å². The second-order valence-electron chi connectivity index (χ2n) is 4.74. The molecule has 0 saturated heterocycles. The third kappa shape index (κ3) is 3.55. The lowest BCUT2D eigenvalue weighted by atomic mass is 10.1. The third-order valence-electron chi connectivity index (χ3n) is 3.20. The summed E-state index contributed by atoms with van der Waals surface area (Å²) in [5, 5.41) is 14.8. The third-order valence-corrected chi connectivity index (χ3v) is 3.94. The molecule has 0 aromatic heterocycles. The number of halogens is 2. The molecule has 0 bridgehead atoms. The van der Waals surface area contributed by atoms with Gasteiger partial charge in [0.2, 0.25) is 0 Å². The van der Waals surface area contributed by atoms with E-state index in [1.165, 1.54) is 0 Å². The first-order valence-corrected chi connectivity index (χ1v) is 6.92. The molecular weight excluding hydrogens is 303 g/mol. The van der Waals surface area contributed by atoms with Gasteiger partial charge >= 0.3 is 12.0 Å². The van der Waals surface area contributed by atoms with Crippen molar-refractivity contribution in [3.8, 4) is 0 Å². The van der Waals surface area contributed by atoms with Crippen LogP contribution in [0.15, 0.2) is 18.2 Å². The molecule has 1 fully saturated rings. The van der Waals surface area contributed by atoms with Gasteiger partial charge in [-0.05, 0) is 30.5 Å². The fourth-order valence-corrected chi connectivity index (χ4v) is 2.25. The normalized spacial score (nSPS) is 15.5. The molecular formula is C13H14Cl2N2O3. The number of nitrogens with one attached hydrogen (secondary N) is 2. The van der Waals surface area contributed by atoms with E-state index in [2.05, 4.69) is 10.6 Å². The van der Waals surface area contributed by atoms with Crippen molar-refractivity contribution >= 4 is 35.2 Å². The van der Waals surface area contributed by atoms with Gasteiger partial charge in [0.05, 0.1) is 22.0 Å². The van der Waals surface area contributed by atoms with Gasteiger partial charge in [-0.15, -0.1) is 0 Å². The summed E-state index contributed by atoms with van der Waals surface area (Å²) in [6, 6.07) is 4.89. The van der Waals surface area contributed by atoms with Crippen molar-refractivity contribution in [2.75, 3.05) is 6.54 Å². The molecule has 3 N–H and O–H groups in total. The number of benzene rings is 1. The van der Waals surface area contributed by atoms with Crippen molar-refractivity contribution in [1.29, 1.82) is 0 Å². The number of hydrogen-bond donors (Lipinski definition) is 3. The topological polar surface area (TPSA) is 78.4 Å². The van der Waals surface area contributed by atoms with Crippen LogP contribution in [0.5, 0.6) is 0 Å². The number of amides is 2. The zero-order chi connectivity index (χ0) is 14.8. The lowest BCUT2D eigenvalue weighted by Gasteiger charge is -2.19. The first-order chi connectivity index (χ1) is 9.43. The maximum absolute atomic E-state index is 11.7. The molecule has 1 saturated carbocycles. The van der Waals surface area contributed by atoms with Gasteiger partial charge in [-0.25, -0.2) is 4.79 Å². The highest BCUT2D eigenvalue weighted by molar-refractivity contribution is 6.42. The highest BCUT2D eigenvalue weighted by atomic mass is 35.5. The maximum atomic E-state index is 11.7. The molecule has 1 aliphatic rings. The van der Waals surface area contributed by atoms with E-state index in [4.69, 9.17) is 28.3 Å². The Morgan fingerprint density at radius 1 is 1.25 bits per heavy atom. The minimum Gasteiger partial charge on any atom is -0.481 e. The van der Waals surface area contributed by atoms with E-state index in [9.17, 15) is 9.59 Å². The number of carboxylic acid groups (broad SMARTS) is 1. The monoisotopic (exact) mass is 316 g/mol. The predicted octanol–water partition coefficient (Wildman–Crippen LogP) is 2.76.